The summed E-state index contributed by atoms with van der Waals surface area (Å²) in [5, 5.41) is 4.14. The van der Waals surface area contributed by atoms with Gasteiger partial charge in [0.25, 0.3) is 0 Å². The Morgan fingerprint density at radius 2 is 2.40 bits per heavy atom. The molecule has 1 fully saturated rings. The molecule has 0 aliphatic carbocycles. The van der Waals surface area contributed by atoms with Gasteiger partial charge in [0.1, 0.15) is 5.76 Å². The van der Waals surface area contributed by atoms with Crippen LogP contribution in [0.2, 0.25) is 0 Å². The molecule has 15 heavy (non-hydrogen) atoms. The fourth-order valence-electron chi connectivity index (χ4n) is 2.33. The third kappa shape index (κ3) is 2.91. The molecular formula is C12H21NOS. The van der Waals surface area contributed by atoms with Crippen LogP contribution in [0.1, 0.15) is 32.1 Å². The molecule has 0 amide bonds. The Morgan fingerprint density at radius 1 is 1.47 bits per heavy atom. The van der Waals surface area contributed by atoms with E-state index in [-0.39, 0.29) is 0 Å². The van der Waals surface area contributed by atoms with Crippen molar-refractivity contribution in [2.75, 3.05) is 19.4 Å². The molecular weight excluding hydrogens is 206 g/mol. The molecule has 0 bridgehead atoms. The van der Waals surface area contributed by atoms with Crippen LogP contribution in [0, 0.1) is 0 Å². The van der Waals surface area contributed by atoms with E-state index < -0.39 is 0 Å². The molecule has 1 saturated heterocycles. The second kappa shape index (κ2) is 5.80. The number of allylic oxidation sites excluding steroid dienone is 1. The first-order valence-corrected chi connectivity index (χ1v) is 7.08. The predicted octanol–water partition coefficient (Wildman–Crippen LogP) is 2.55. The van der Waals surface area contributed by atoms with Crippen LogP contribution in [-0.4, -0.2) is 30.7 Å². The monoisotopic (exact) mass is 227 g/mol. The Kier molecular flexibility index (Phi) is 4.39. The molecule has 0 spiro atoms. The Balaban J connectivity index is 1.98. The van der Waals surface area contributed by atoms with Crippen LogP contribution in [0.4, 0.5) is 0 Å². The van der Waals surface area contributed by atoms with Gasteiger partial charge in [0.2, 0.25) is 0 Å². The maximum Gasteiger partial charge on any atom is 0.110 e. The molecule has 2 atom stereocenters. The summed E-state index contributed by atoms with van der Waals surface area (Å²) in [5.41, 5.74) is 0. The summed E-state index contributed by atoms with van der Waals surface area (Å²) in [6.45, 7) is 0.904. The lowest BCUT2D eigenvalue weighted by Gasteiger charge is -2.32. The molecule has 2 rings (SSSR count). The SMILES string of the molecule is CNC(C1=CCCCO1)C1CCCCS1. The second-order valence-electron chi connectivity index (χ2n) is 4.27. The summed E-state index contributed by atoms with van der Waals surface area (Å²) in [7, 11) is 2.05. The van der Waals surface area contributed by atoms with Gasteiger partial charge >= 0.3 is 0 Å². The second-order valence-corrected chi connectivity index (χ2v) is 5.62. The lowest BCUT2D eigenvalue weighted by atomic mass is 10.0. The molecule has 3 heteroatoms. The van der Waals surface area contributed by atoms with Gasteiger partial charge in [-0.15, -0.1) is 0 Å². The zero-order chi connectivity index (χ0) is 10.5. The van der Waals surface area contributed by atoms with E-state index in [0.29, 0.717) is 11.3 Å². The third-order valence-electron chi connectivity index (χ3n) is 3.17. The number of likely N-dealkylation sites (N-methyl/N-ethyl adjacent to an activating group) is 1. The van der Waals surface area contributed by atoms with Crippen molar-refractivity contribution in [1.29, 1.82) is 0 Å². The van der Waals surface area contributed by atoms with Gasteiger partial charge in [0.05, 0.1) is 12.6 Å². The summed E-state index contributed by atoms with van der Waals surface area (Å²) >= 11 is 2.11. The topological polar surface area (TPSA) is 21.3 Å². The maximum absolute atomic E-state index is 5.77. The van der Waals surface area contributed by atoms with Crippen molar-refractivity contribution in [1.82, 2.24) is 5.32 Å². The predicted molar refractivity (Wildman–Crippen MR) is 66.2 cm³/mol. The molecule has 2 aliphatic rings. The quantitative estimate of drug-likeness (QED) is 0.800. The average molecular weight is 227 g/mol. The van der Waals surface area contributed by atoms with Gasteiger partial charge in [-0.25, -0.2) is 0 Å². The van der Waals surface area contributed by atoms with E-state index in [1.807, 2.05) is 0 Å². The summed E-state index contributed by atoms with van der Waals surface area (Å²) < 4.78 is 5.77. The van der Waals surface area contributed by atoms with Crippen LogP contribution in [0.25, 0.3) is 0 Å². The van der Waals surface area contributed by atoms with Gasteiger partial charge < -0.3 is 10.1 Å². The van der Waals surface area contributed by atoms with E-state index in [1.165, 1.54) is 43.6 Å². The van der Waals surface area contributed by atoms with Crippen LogP contribution in [-0.2, 0) is 4.74 Å². The molecule has 1 N–H and O–H groups in total. The number of hydrogen-bond acceptors (Lipinski definition) is 3. The van der Waals surface area contributed by atoms with E-state index in [1.54, 1.807) is 0 Å². The zero-order valence-corrected chi connectivity index (χ0v) is 10.3. The molecule has 2 unspecified atom stereocenters. The Labute approximate surface area is 96.8 Å². The Bertz CT molecular complexity index is 224. The van der Waals surface area contributed by atoms with Crippen LogP contribution in [0.3, 0.4) is 0 Å². The summed E-state index contributed by atoms with van der Waals surface area (Å²) in [6.07, 6.45) is 8.74. The number of nitrogens with one attached hydrogen (secondary N) is 1. The van der Waals surface area contributed by atoms with Gasteiger partial charge in [-0.05, 0) is 44.6 Å². The van der Waals surface area contributed by atoms with Crippen molar-refractivity contribution >= 4 is 11.8 Å². The van der Waals surface area contributed by atoms with Crippen LogP contribution >= 0.6 is 11.8 Å². The fourth-order valence-corrected chi connectivity index (χ4v) is 3.80. The smallest absolute Gasteiger partial charge is 0.110 e. The molecule has 2 aliphatic heterocycles. The maximum atomic E-state index is 5.77. The first kappa shape index (κ1) is 11.3. The van der Waals surface area contributed by atoms with Gasteiger partial charge in [0.15, 0.2) is 0 Å². The summed E-state index contributed by atoms with van der Waals surface area (Å²) in [6, 6.07) is 0.440. The average Bonchev–Trinajstić information content (AvgIpc) is 2.33. The zero-order valence-electron chi connectivity index (χ0n) is 9.50. The van der Waals surface area contributed by atoms with E-state index in [2.05, 4.69) is 30.2 Å². The molecule has 0 saturated carbocycles. The van der Waals surface area contributed by atoms with Crippen LogP contribution < -0.4 is 5.32 Å². The molecule has 0 aromatic rings. The third-order valence-corrected chi connectivity index (χ3v) is 4.63. The van der Waals surface area contributed by atoms with Crippen molar-refractivity contribution in [3.8, 4) is 0 Å². The lowest BCUT2D eigenvalue weighted by molar-refractivity contribution is 0.167. The van der Waals surface area contributed by atoms with Crippen molar-refractivity contribution in [2.24, 2.45) is 0 Å². The highest BCUT2D eigenvalue weighted by molar-refractivity contribution is 8.00. The molecule has 0 radical (unpaired) electrons. The molecule has 0 aromatic heterocycles. The highest BCUT2D eigenvalue weighted by Crippen LogP contribution is 2.31. The molecule has 2 heterocycles. The van der Waals surface area contributed by atoms with Crippen LogP contribution in [0.5, 0.6) is 0 Å². The lowest BCUT2D eigenvalue weighted by Crippen LogP contribution is -2.40. The number of ether oxygens (including phenoxy) is 1. The number of hydrogen-bond donors (Lipinski definition) is 1. The highest BCUT2D eigenvalue weighted by Gasteiger charge is 2.27. The minimum Gasteiger partial charge on any atom is -0.497 e. The van der Waals surface area contributed by atoms with E-state index in [9.17, 15) is 0 Å². The van der Waals surface area contributed by atoms with E-state index in [0.717, 1.165) is 6.61 Å². The normalized spacial score (nSPS) is 29.1. The molecule has 2 nitrogen and oxygen atoms in total. The van der Waals surface area contributed by atoms with Gasteiger partial charge in [0, 0.05) is 5.25 Å². The number of thioether (sulfide) groups is 1. The van der Waals surface area contributed by atoms with Crippen LogP contribution in [0.15, 0.2) is 11.8 Å². The largest absolute Gasteiger partial charge is 0.497 e. The van der Waals surface area contributed by atoms with Gasteiger partial charge in [-0.2, -0.15) is 11.8 Å². The fraction of sp³-hybridized carbons (Fsp3) is 0.833. The Morgan fingerprint density at radius 3 is 3.00 bits per heavy atom. The van der Waals surface area contributed by atoms with Crippen molar-refractivity contribution in [2.45, 2.75) is 43.4 Å². The van der Waals surface area contributed by atoms with Crippen molar-refractivity contribution in [3.63, 3.8) is 0 Å². The standard InChI is InChI=1S/C12H21NOS/c1-13-12(10-6-2-4-8-14-10)11-7-3-5-9-15-11/h6,11-13H,2-5,7-9H2,1H3. The Hall–Kier alpha value is -0.150. The minimum atomic E-state index is 0.440. The molecule has 0 aromatic carbocycles. The first-order chi connectivity index (χ1) is 7.42. The first-order valence-electron chi connectivity index (χ1n) is 6.03. The van der Waals surface area contributed by atoms with Crippen molar-refractivity contribution in [3.05, 3.63) is 11.8 Å². The minimum absolute atomic E-state index is 0.440. The summed E-state index contributed by atoms with van der Waals surface area (Å²) in [4.78, 5) is 0. The number of rotatable bonds is 3. The van der Waals surface area contributed by atoms with Gasteiger partial charge in [-0.1, -0.05) is 6.42 Å². The van der Waals surface area contributed by atoms with E-state index >= 15 is 0 Å². The highest BCUT2D eigenvalue weighted by atomic mass is 32.2. The van der Waals surface area contributed by atoms with E-state index in [4.69, 9.17) is 4.74 Å². The van der Waals surface area contributed by atoms with Crippen molar-refractivity contribution < 1.29 is 4.74 Å². The molecule has 86 valence electrons. The summed E-state index contributed by atoms with van der Waals surface area (Å²) in [5.74, 6) is 2.51. The van der Waals surface area contributed by atoms with Gasteiger partial charge in [-0.3, -0.25) is 0 Å².